The zero-order valence-electron chi connectivity index (χ0n) is 10.6. The van der Waals surface area contributed by atoms with Crippen LogP contribution in [0.5, 0.6) is 0 Å². The predicted octanol–water partition coefficient (Wildman–Crippen LogP) is 2.87. The second kappa shape index (κ2) is 4.90. The molecule has 96 valence electrons. The highest BCUT2D eigenvalue weighted by atomic mass is 35.5. The molecular weight excluding hydrogens is 246 g/mol. The molecule has 0 aliphatic carbocycles. The lowest BCUT2D eigenvalue weighted by molar-refractivity contribution is 0.217. The summed E-state index contributed by atoms with van der Waals surface area (Å²) < 4.78 is 2.07. The van der Waals surface area contributed by atoms with Crippen molar-refractivity contribution in [2.45, 2.75) is 19.3 Å². The highest BCUT2D eigenvalue weighted by Gasteiger charge is 2.19. The molecule has 18 heavy (non-hydrogen) atoms. The van der Waals surface area contributed by atoms with Crippen LogP contribution in [-0.4, -0.2) is 34.4 Å². The molecule has 2 aromatic heterocycles. The molecule has 0 amide bonds. The predicted molar refractivity (Wildman–Crippen MR) is 74.1 cm³/mol. The van der Waals surface area contributed by atoms with E-state index >= 15 is 0 Å². The van der Waals surface area contributed by atoms with E-state index in [1.165, 1.54) is 25.9 Å². The summed E-state index contributed by atoms with van der Waals surface area (Å²) in [5, 5.41) is 0.757. The van der Waals surface area contributed by atoms with Gasteiger partial charge < -0.3 is 4.90 Å². The number of fused-ring (bicyclic) bond motifs is 1. The fourth-order valence-corrected chi connectivity index (χ4v) is 3.01. The minimum absolute atomic E-state index is 0.739. The Morgan fingerprint density at radius 1 is 1.33 bits per heavy atom. The molecule has 1 aliphatic heterocycles. The van der Waals surface area contributed by atoms with Crippen molar-refractivity contribution in [3.63, 3.8) is 0 Å². The zero-order chi connectivity index (χ0) is 12.5. The number of imidazole rings is 1. The molecular formula is C14H18ClN3. The molecule has 4 heteroatoms. The molecule has 0 N–H and O–H groups in total. The maximum atomic E-state index is 6.26. The summed E-state index contributed by atoms with van der Waals surface area (Å²) in [5.74, 6) is 1.84. The second-order valence-electron chi connectivity index (χ2n) is 5.23. The van der Waals surface area contributed by atoms with Gasteiger partial charge in [0.2, 0.25) is 0 Å². The lowest BCUT2D eigenvalue weighted by Crippen LogP contribution is -2.31. The van der Waals surface area contributed by atoms with E-state index in [1.54, 1.807) is 0 Å². The van der Waals surface area contributed by atoms with Gasteiger partial charge in [-0.2, -0.15) is 0 Å². The van der Waals surface area contributed by atoms with Crippen molar-refractivity contribution in [1.29, 1.82) is 0 Å². The fourth-order valence-electron chi connectivity index (χ4n) is 2.74. The summed E-state index contributed by atoms with van der Waals surface area (Å²) in [7, 11) is 2.19. The van der Waals surface area contributed by atoms with Gasteiger partial charge in [0.05, 0.1) is 11.7 Å². The fraction of sp³-hybridized carbons (Fsp3) is 0.500. The number of rotatable bonds is 2. The largest absolute Gasteiger partial charge is 0.306 e. The van der Waals surface area contributed by atoms with E-state index in [2.05, 4.69) is 27.4 Å². The first-order valence-electron chi connectivity index (χ1n) is 6.53. The molecule has 3 nitrogen and oxygen atoms in total. The van der Waals surface area contributed by atoms with E-state index in [1.807, 2.05) is 18.3 Å². The number of nitrogens with zero attached hydrogens (tertiary/aromatic N) is 3. The van der Waals surface area contributed by atoms with Gasteiger partial charge >= 0.3 is 0 Å². The molecule has 3 rings (SSSR count). The smallest absolute Gasteiger partial charge is 0.114 e. The summed E-state index contributed by atoms with van der Waals surface area (Å²) in [6.45, 7) is 2.39. The van der Waals surface area contributed by atoms with Crippen LogP contribution in [0.2, 0.25) is 5.15 Å². The topological polar surface area (TPSA) is 20.5 Å². The van der Waals surface area contributed by atoms with Crippen LogP contribution in [0.4, 0.5) is 0 Å². The lowest BCUT2D eigenvalue weighted by Gasteiger charge is -2.28. The number of aromatic nitrogens is 2. The summed E-state index contributed by atoms with van der Waals surface area (Å²) in [6.07, 6.45) is 5.47. The first kappa shape index (κ1) is 12.0. The average Bonchev–Trinajstić information content (AvgIpc) is 2.77. The monoisotopic (exact) mass is 263 g/mol. The number of pyridine rings is 1. The molecule has 0 aromatic carbocycles. The molecule has 3 heterocycles. The van der Waals surface area contributed by atoms with Gasteiger partial charge in [-0.05, 0) is 51.0 Å². The van der Waals surface area contributed by atoms with Gasteiger partial charge in [0.25, 0.3) is 0 Å². The molecule has 1 aliphatic rings. The van der Waals surface area contributed by atoms with Crippen LogP contribution in [0.3, 0.4) is 0 Å². The van der Waals surface area contributed by atoms with Gasteiger partial charge in [-0.15, -0.1) is 0 Å². The number of likely N-dealkylation sites (tertiary alicyclic amines) is 1. The van der Waals surface area contributed by atoms with Crippen LogP contribution in [0.25, 0.3) is 5.52 Å². The normalized spacial score (nSPS) is 18.6. The lowest BCUT2D eigenvalue weighted by atomic mass is 9.93. The Hall–Kier alpha value is -1.06. The average molecular weight is 264 g/mol. The SMILES string of the molecule is CN1CCC(Cc2ncc3cccc(Cl)n23)CC1. The number of piperidine rings is 1. The summed E-state index contributed by atoms with van der Waals surface area (Å²) in [6, 6.07) is 5.95. The molecule has 0 unspecified atom stereocenters. The number of hydrogen-bond donors (Lipinski definition) is 0. The highest BCUT2D eigenvalue weighted by Crippen LogP contribution is 2.23. The van der Waals surface area contributed by atoms with Crippen molar-refractivity contribution >= 4 is 17.1 Å². The molecule has 2 aromatic rings. The van der Waals surface area contributed by atoms with Crippen molar-refractivity contribution in [3.05, 3.63) is 35.4 Å². The van der Waals surface area contributed by atoms with Crippen molar-refractivity contribution in [1.82, 2.24) is 14.3 Å². The maximum Gasteiger partial charge on any atom is 0.114 e. The van der Waals surface area contributed by atoms with Gasteiger partial charge in [-0.25, -0.2) is 4.98 Å². The van der Waals surface area contributed by atoms with E-state index < -0.39 is 0 Å². The van der Waals surface area contributed by atoms with Crippen LogP contribution in [-0.2, 0) is 6.42 Å². The van der Waals surface area contributed by atoms with Crippen LogP contribution in [0, 0.1) is 5.92 Å². The zero-order valence-corrected chi connectivity index (χ0v) is 11.4. The first-order valence-corrected chi connectivity index (χ1v) is 6.91. The van der Waals surface area contributed by atoms with Crippen molar-refractivity contribution in [2.75, 3.05) is 20.1 Å². The summed E-state index contributed by atoms with van der Waals surface area (Å²) >= 11 is 6.26. The summed E-state index contributed by atoms with van der Waals surface area (Å²) in [4.78, 5) is 6.93. The second-order valence-corrected chi connectivity index (χ2v) is 5.62. The van der Waals surface area contributed by atoms with Crippen LogP contribution >= 0.6 is 11.6 Å². The molecule has 0 radical (unpaired) electrons. The minimum Gasteiger partial charge on any atom is -0.306 e. The van der Waals surface area contributed by atoms with Crippen LogP contribution in [0.15, 0.2) is 24.4 Å². The number of halogens is 1. The van der Waals surface area contributed by atoms with Crippen molar-refractivity contribution in [2.24, 2.45) is 5.92 Å². The molecule has 0 bridgehead atoms. The van der Waals surface area contributed by atoms with Gasteiger partial charge in [-0.3, -0.25) is 4.40 Å². The molecule has 0 spiro atoms. The standard InChI is InChI=1S/C14H18ClN3/c1-17-7-5-11(6-8-17)9-14-16-10-12-3-2-4-13(15)18(12)14/h2-4,10-11H,5-9H2,1H3. The molecule has 1 fully saturated rings. The Bertz CT molecular complexity index is 541. The minimum atomic E-state index is 0.739. The van der Waals surface area contributed by atoms with E-state index in [0.717, 1.165) is 28.8 Å². The Labute approximate surface area is 112 Å². The maximum absolute atomic E-state index is 6.26. The molecule has 1 saturated heterocycles. The quantitative estimate of drug-likeness (QED) is 0.777. The first-order chi connectivity index (χ1) is 8.74. The van der Waals surface area contributed by atoms with E-state index in [0.29, 0.717) is 0 Å². The van der Waals surface area contributed by atoms with Crippen LogP contribution < -0.4 is 0 Å². The Morgan fingerprint density at radius 2 is 2.11 bits per heavy atom. The van der Waals surface area contributed by atoms with Gasteiger partial charge in [-0.1, -0.05) is 17.7 Å². The Balaban J connectivity index is 1.82. The van der Waals surface area contributed by atoms with Gasteiger partial charge in [0.1, 0.15) is 11.0 Å². The van der Waals surface area contributed by atoms with Crippen molar-refractivity contribution < 1.29 is 0 Å². The van der Waals surface area contributed by atoms with Gasteiger partial charge in [0, 0.05) is 6.42 Å². The molecule has 0 saturated carbocycles. The third-order valence-electron chi connectivity index (χ3n) is 3.89. The van der Waals surface area contributed by atoms with Gasteiger partial charge in [0.15, 0.2) is 0 Å². The molecule has 0 atom stereocenters. The Kier molecular flexibility index (Phi) is 3.27. The van der Waals surface area contributed by atoms with E-state index in [9.17, 15) is 0 Å². The highest BCUT2D eigenvalue weighted by molar-refractivity contribution is 6.29. The third-order valence-corrected chi connectivity index (χ3v) is 4.18. The number of hydrogen-bond acceptors (Lipinski definition) is 2. The summed E-state index contributed by atoms with van der Waals surface area (Å²) in [5.41, 5.74) is 1.09. The van der Waals surface area contributed by atoms with Crippen molar-refractivity contribution in [3.8, 4) is 0 Å². The van der Waals surface area contributed by atoms with E-state index in [-0.39, 0.29) is 0 Å². The third kappa shape index (κ3) is 2.25. The van der Waals surface area contributed by atoms with Crippen LogP contribution in [0.1, 0.15) is 18.7 Å². The Morgan fingerprint density at radius 3 is 2.89 bits per heavy atom. The van der Waals surface area contributed by atoms with E-state index in [4.69, 9.17) is 11.6 Å².